The van der Waals surface area contributed by atoms with Crippen LogP contribution in [0.25, 0.3) is 0 Å². The van der Waals surface area contributed by atoms with Crippen LogP contribution in [0.3, 0.4) is 0 Å². The van der Waals surface area contributed by atoms with Gasteiger partial charge in [-0.15, -0.1) is 24.8 Å². The SMILES string of the molecule is C=CCc1cccc(/C=N/NC(=O)CN2CCC(Cc3ccccc3)CC2)c1O.C=CCc1cccc(C=O)c1O.CCOC(=O)CCl.CCOC(=O)CN1CCC(Cc2ccccc2)CC1.NN.NNC(=O)CN1CCC(Cc2ccccc2)CC1.c1ccc(CC2CCNCC2)cc1. The summed E-state index contributed by atoms with van der Waals surface area (Å²) in [6.45, 7) is 21.2. The van der Waals surface area contributed by atoms with E-state index in [2.05, 4.69) is 181 Å². The number of ether oxygens (including phenoxy) is 2. The quantitative estimate of drug-likeness (QED) is 0.00409. The smallest absolute Gasteiger partial charge is 0.320 e. The lowest BCUT2D eigenvalue weighted by Gasteiger charge is -2.31. The molecule has 2 amide bonds. The number of carbonyl (C=O) groups excluding carboxylic acids is 5. The monoisotopic (exact) mass is 1390 g/mol. The van der Waals surface area contributed by atoms with Gasteiger partial charge in [-0.25, -0.2) is 11.3 Å². The number of halogens is 1. The van der Waals surface area contributed by atoms with Crippen molar-refractivity contribution in [2.24, 2.45) is 46.3 Å². The highest BCUT2D eigenvalue weighted by atomic mass is 35.5. The van der Waals surface area contributed by atoms with Gasteiger partial charge in [0.2, 0.25) is 5.91 Å². The molecule has 0 unspecified atom stereocenters. The maximum atomic E-state index is 12.2. The fraction of sp³-hybridized carbons (Fsp3) is 0.425. The summed E-state index contributed by atoms with van der Waals surface area (Å²) in [6, 6.07) is 53.2. The van der Waals surface area contributed by atoms with Crippen molar-refractivity contribution < 1.29 is 43.7 Å². The molecule has 0 spiro atoms. The number of rotatable bonds is 24. The van der Waals surface area contributed by atoms with Crippen LogP contribution in [-0.2, 0) is 67.2 Å². The molecule has 0 aromatic heterocycles. The summed E-state index contributed by atoms with van der Waals surface area (Å²) in [5.74, 6) is 15.7. The van der Waals surface area contributed by atoms with Crippen LogP contribution in [0.4, 0.5) is 0 Å². The summed E-state index contributed by atoms with van der Waals surface area (Å²) in [5.41, 5.74) is 12.9. The van der Waals surface area contributed by atoms with E-state index in [4.69, 9.17) is 22.2 Å². The highest BCUT2D eigenvalue weighted by Gasteiger charge is 2.24. The lowest BCUT2D eigenvalue weighted by atomic mass is 9.90. The zero-order valence-electron chi connectivity index (χ0n) is 59.0. The van der Waals surface area contributed by atoms with Gasteiger partial charge in [0.15, 0.2) is 6.29 Å². The Bertz CT molecular complexity index is 3250. The number of nitrogens with zero attached hydrogens (tertiary/aromatic N) is 4. The molecule has 19 nitrogen and oxygen atoms in total. The summed E-state index contributed by atoms with van der Waals surface area (Å²) in [7, 11) is 0. The minimum Gasteiger partial charge on any atom is -0.507 e. The predicted molar refractivity (Wildman–Crippen MR) is 404 cm³/mol. The Balaban J connectivity index is 0.000000265. The van der Waals surface area contributed by atoms with Crippen molar-refractivity contribution in [1.82, 2.24) is 30.9 Å². The van der Waals surface area contributed by atoms with E-state index in [1.807, 2.05) is 25.1 Å². The molecule has 6 aromatic carbocycles. The number of phenolic OH excluding ortho intramolecular Hbond substituents is 2. The normalized spacial score (nSPS) is 15.1. The molecular formula is C80H111ClN10O9. The summed E-state index contributed by atoms with van der Waals surface area (Å²) in [5, 5.41) is 27.1. The second kappa shape index (κ2) is 51.7. The number of esters is 2. The van der Waals surface area contributed by atoms with Gasteiger partial charge in [-0.05, 0) is 225 Å². The maximum absolute atomic E-state index is 12.2. The third-order valence-electron chi connectivity index (χ3n) is 17.6. The van der Waals surface area contributed by atoms with Gasteiger partial charge >= 0.3 is 11.9 Å². The van der Waals surface area contributed by atoms with Gasteiger partial charge in [0.05, 0.1) is 44.6 Å². The van der Waals surface area contributed by atoms with Crippen molar-refractivity contribution in [1.29, 1.82) is 0 Å². The van der Waals surface area contributed by atoms with Crippen molar-refractivity contribution in [3.8, 4) is 11.5 Å². The largest absolute Gasteiger partial charge is 0.507 e. The lowest BCUT2D eigenvalue weighted by molar-refractivity contribution is -0.145. The number of piperidine rings is 4. The molecule has 0 radical (unpaired) electrons. The first-order valence-corrected chi connectivity index (χ1v) is 35.6. The molecule has 0 aliphatic carbocycles. The van der Waals surface area contributed by atoms with E-state index < -0.39 is 0 Å². The molecule has 4 saturated heterocycles. The molecule has 0 bridgehead atoms. The third kappa shape index (κ3) is 35.1. The lowest BCUT2D eigenvalue weighted by Crippen LogP contribution is -2.43. The Labute approximate surface area is 599 Å². The van der Waals surface area contributed by atoms with E-state index in [-0.39, 0.29) is 41.1 Å². The van der Waals surface area contributed by atoms with Crippen LogP contribution in [0, 0.1) is 23.7 Å². The molecule has 100 heavy (non-hydrogen) atoms. The Hall–Kier alpha value is -8.37. The van der Waals surface area contributed by atoms with E-state index in [1.54, 1.807) is 43.3 Å². The molecule has 6 aromatic rings. The molecule has 4 heterocycles. The summed E-state index contributed by atoms with van der Waals surface area (Å²) in [6.07, 6.45) is 21.0. The minimum atomic E-state index is -0.357. The zero-order valence-corrected chi connectivity index (χ0v) is 59.8. The number of likely N-dealkylation sites (tertiary alicyclic amines) is 3. The van der Waals surface area contributed by atoms with Crippen LogP contribution in [0.15, 0.2) is 188 Å². The number of hydrogen-bond donors (Lipinski definition) is 8. The van der Waals surface area contributed by atoms with Gasteiger partial charge in [-0.1, -0.05) is 158 Å². The first-order chi connectivity index (χ1) is 48.8. The molecule has 4 aliphatic rings. The van der Waals surface area contributed by atoms with Crippen molar-refractivity contribution in [3.05, 3.63) is 228 Å². The van der Waals surface area contributed by atoms with Crippen LogP contribution >= 0.6 is 11.6 Å². The van der Waals surface area contributed by atoms with Crippen molar-refractivity contribution in [2.45, 2.75) is 104 Å². The third-order valence-corrected chi connectivity index (χ3v) is 17.8. The highest BCUT2D eigenvalue weighted by molar-refractivity contribution is 6.26. The van der Waals surface area contributed by atoms with E-state index in [0.717, 1.165) is 113 Å². The number of nitrogens with two attached hydrogens (primary N) is 3. The summed E-state index contributed by atoms with van der Waals surface area (Å²) >= 11 is 5.06. The number of carbonyl (C=O) groups is 5. The average Bonchev–Trinajstić information content (AvgIpc) is 0.919. The Morgan fingerprint density at radius 2 is 0.870 bits per heavy atom. The van der Waals surface area contributed by atoms with E-state index >= 15 is 0 Å². The summed E-state index contributed by atoms with van der Waals surface area (Å²) in [4.78, 5) is 61.8. The Morgan fingerprint density at radius 3 is 1.22 bits per heavy atom. The molecule has 4 aliphatic heterocycles. The van der Waals surface area contributed by atoms with Gasteiger partial charge in [0.1, 0.15) is 17.4 Å². The number of hydrogen-bond acceptors (Lipinski definition) is 17. The zero-order chi connectivity index (χ0) is 72.4. The number of benzene rings is 6. The second-order valence-corrected chi connectivity index (χ2v) is 25.3. The van der Waals surface area contributed by atoms with Gasteiger partial charge < -0.3 is 25.0 Å². The number of amides is 2. The standard InChI is InChI=1S/C24H29N3O2.C16H23NO2.C14H21N3O.C12H17N.C10H10O2.C4H7ClO2.H4N2/c1-2-7-21-10-6-11-22(24(21)29)17-25-26-23(28)18-27-14-12-20(13-15-27)16-19-8-4-3-5-9-19;1-2-19-16(18)13-17-10-8-15(9-11-17)12-14-6-4-3-5-7-14;15-16-14(18)11-17-8-6-13(7-9-17)10-12-4-2-1-3-5-12;1-2-4-11(5-3-1)10-12-6-8-13-9-7-12;1-2-4-8-5-3-6-9(7-11)10(8)12;1-2-7-4(6)3-5;1-2/h2-6,8-11,17,20,29H,1,7,12-16,18H2,(H,26,28);3-7,15H,2,8-13H2,1H3;1-5,13H,6-11,15H2,(H,16,18);1-5,12-13H,6-10H2;2-3,5-7,12H,1,4H2;2-3H2,1H3;1-2H2/b25-17+;;;;;;. The Kier molecular flexibility index (Phi) is 43.5. The van der Waals surface area contributed by atoms with Gasteiger partial charge in [-0.2, -0.15) is 5.10 Å². The molecule has 0 atom stereocenters. The van der Waals surface area contributed by atoms with Gasteiger partial charge in [0, 0.05) is 5.56 Å². The molecule has 11 N–H and O–H groups in total. The van der Waals surface area contributed by atoms with Crippen molar-refractivity contribution >= 4 is 47.9 Å². The molecule has 20 heteroatoms. The highest BCUT2D eigenvalue weighted by Crippen LogP contribution is 2.26. The molecule has 542 valence electrons. The predicted octanol–water partition coefficient (Wildman–Crippen LogP) is 10.7. The number of aldehydes is 1. The first-order valence-electron chi connectivity index (χ1n) is 35.1. The number of hydrazine groups is 2. The average molecular weight is 1390 g/mol. The van der Waals surface area contributed by atoms with E-state index in [0.29, 0.717) is 69.0 Å². The number of para-hydroxylation sites is 2. The maximum Gasteiger partial charge on any atom is 0.320 e. The molecule has 10 rings (SSSR count). The molecular weight excluding hydrogens is 1280 g/mol. The summed E-state index contributed by atoms with van der Waals surface area (Å²) < 4.78 is 9.41. The van der Waals surface area contributed by atoms with Crippen LogP contribution in [0.2, 0.25) is 0 Å². The number of allylic oxidation sites excluding steroid dienone is 2. The van der Waals surface area contributed by atoms with Gasteiger partial charge in [0.25, 0.3) is 5.91 Å². The fourth-order valence-electron chi connectivity index (χ4n) is 12.2. The van der Waals surface area contributed by atoms with Crippen molar-refractivity contribution in [3.63, 3.8) is 0 Å². The van der Waals surface area contributed by atoms with Crippen LogP contribution in [-0.4, -0.2) is 152 Å². The second-order valence-electron chi connectivity index (χ2n) is 25.0. The molecule has 0 saturated carbocycles. The minimum absolute atomic E-state index is 0.0478. The van der Waals surface area contributed by atoms with Crippen molar-refractivity contribution in [2.75, 3.05) is 91.1 Å². The van der Waals surface area contributed by atoms with E-state index in [1.165, 1.54) is 73.7 Å². The van der Waals surface area contributed by atoms with Gasteiger partial charge in [-0.3, -0.25) is 55.8 Å². The van der Waals surface area contributed by atoms with Crippen LogP contribution in [0.5, 0.6) is 11.5 Å². The van der Waals surface area contributed by atoms with Crippen LogP contribution in [0.1, 0.15) is 115 Å². The number of nitrogens with one attached hydrogen (secondary N) is 3. The van der Waals surface area contributed by atoms with Crippen LogP contribution < -0.4 is 33.7 Å². The Morgan fingerprint density at radius 1 is 0.520 bits per heavy atom. The van der Waals surface area contributed by atoms with E-state index in [9.17, 15) is 34.2 Å². The molecule has 4 fully saturated rings. The number of alkyl halides is 1. The number of phenols is 2. The fourth-order valence-corrected chi connectivity index (χ4v) is 12.3. The topological polar surface area (TPSA) is 280 Å². The number of hydrazone groups is 1. The number of aromatic hydroxyl groups is 2. The first kappa shape index (κ1) is 84.0.